The van der Waals surface area contributed by atoms with E-state index >= 15 is 0 Å². The van der Waals surface area contributed by atoms with Gasteiger partial charge in [0.05, 0.1) is 5.69 Å². The highest BCUT2D eigenvalue weighted by Gasteiger charge is 2.10. The minimum absolute atomic E-state index is 0.0260. The van der Waals surface area contributed by atoms with Gasteiger partial charge in [-0.3, -0.25) is 4.79 Å². The molecule has 0 spiro atoms. The average molecular weight is 287 g/mol. The van der Waals surface area contributed by atoms with Crippen LogP contribution < -0.4 is 16.0 Å². The molecule has 2 aromatic carbocycles. The summed E-state index contributed by atoms with van der Waals surface area (Å²) in [4.78, 5) is 14.1. The molecule has 4 nitrogen and oxygen atoms in total. The van der Waals surface area contributed by atoms with Crippen LogP contribution in [0.4, 0.5) is 21.5 Å². The Morgan fingerprint density at radius 3 is 2.48 bits per heavy atom. The van der Waals surface area contributed by atoms with Gasteiger partial charge in [-0.1, -0.05) is 0 Å². The van der Waals surface area contributed by atoms with Crippen molar-refractivity contribution in [2.75, 3.05) is 30.0 Å². The second kappa shape index (κ2) is 5.83. The van der Waals surface area contributed by atoms with Gasteiger partial charge in [-0.05, 0) is 48.9 Å². The van der Waals surface area contributed by atoms with Gasteiger partial charge in [-0.2, -0.15) is 0 Å². The first-order chi connectivity index (χ1) is 9.88. The maximum absolute atomic E-state index is 13.4. The Morgan fingerprint density at radius 1 is 1.19 bits per heavy atom. The fraction of sp³-hybridized carbons (Fsp3) is 0.188. The van der Waals surface area contributed by atoms with Gasteiger partial charge in [0.1, 0.15) is 5.82 Å². The Bertz CT molecular complexity index is 683. The molecule has 5 heteroatoms. The lowest BCUT2D eigenvalue weighted by Gasteiger charge is -2.15. The summed E-state index contributed by atoms with van der Waals surface area (Å²) in [6.45, 7) is 1.91. The van der Waals surface area contributed by atoms with Crippen molar-refractivity contribution in [1.29, 1.82) is 0 Å². The lowest BCUT2D eigenvalue weighted by Crippen LogP contribution is -2.14. The molecule has 0 aliphatic carbocycles. The molecule has 0 aliphatic rings. The van der Waals surface area contributed by atoms with Crippen molar-refractivity contribution in [1.82, 2.24) is 0 Å². The Hall–Kier alpha value is -2.56. The van der Waals surface area contributed by atoms with E-state index in [9.17, 15) is 9.18 Å². The molecular weight excluding hydrogens is 269 g/mol. The van der Waals surface area contributed by atoms with Crippen molar-refractivity contribution in [3.05, 3.63) is 53.3 Å². The molecule has 0 heterocycles. The van der Waals surface area contributed by atoms with Crippen LogP contribution in [0.1, 0.15) is 15.9 Å². The van der Waals surface area contributed by atoms with Crippen LogP contribution in [-0.2, 0) is 0 Å². The highest BCUT2D eigenvalue weighted by molar-refractivity contribution is 6.04. The minimum Gasteiger partial charge on any atom is -0.396 e. The lowest BCUT2D eigenvalue weighted by atomic mass is 10.1. The predicted molar refractivity (Wildman–Crippen MR) is 84.3 cm³/mol. The lowest BCUT2D eigenvalue weighted by molar-refractivity contribution is 0.102. The van der Waals surface area contributed by atoms with Gasteiger partial charge in [-0.15, -0.1) is 0 Å². The van der Waals surface area contributed by atoms with Crippen molar-refractivity contribution in [3.8, 4) is 0 Å². The number of nitrogens with one attached hydrogen (secondary N) is 1. The predicted octanol–water partition coefficient (Wildman–Crippen LogP) is 3.03. The molecule has 0 unspecified atom stereocenters. The molecule has 1 amide bonds. The zero-order valence-corrected chi connectivity index (χ0v) is 12.3. The molecule has 0 bridgehead atoms. The Morgan fingerprint density at radius 2 is 1.90 bits per heavy atom. The number of carbonyl (C=O) groups excluding carboxylic acids is 1. The van der Waals surface area contributed by atoms with E-state index in [1.807, 2.05) is 44.1 Å². The maximum Gasteiger partial charge on any atom is 0.255 e. The fourth-order valence-electron chi connectivity index (χ4n) is 1.93. The summed E-state index contributed by atoms with van der Waals surface area (Å²) in [7, 11) is 3.90. The van der Waals surface area contributed by atoms with Crippen molar-refractivity contribution in [2.45, 2.75) is 6.92 Å². The largest absolute Gasteiger partial charge is 0.396 e. The van der Waals surface area contributed by atoms with Gasteiger partial charge < -0.3 is 16.0 Å². The first-order valence-electron chi connectivity index (χ1n) is 6.53. The molecule has 0 aromatic heterocycles. The number of nitrogen functional groups attached to an aromatic ring is 1. The second-order valence-electron chi connectivity index (χ2n) is 5.08. The van der Waals surface area contributed by atoms with Gasteiger partial charge in [0.2, 0.25) is 0 Å². The number of benzene rings is 2. The van der Waals surface area contributed by atoms with E-state index in [0.29, 0.717) is 5.69 Å². The summed E-state index contributed by atoms with van der Waals surface area (Å²) in [6.07, 6.45) is 0. The van der Waals surface area contributed by atoms with Gasteiger partial charge in [-0.25, -0.2) is 4.39 Å². The van der Waals surface area contributed by atoms with E-state index < -0.39 is 5.82 Å². The Kier molecular flexibility index (Phi) is 4.12. The minimum atomic E-state index is -0.595. The average Bonchev–Trinajstić information content (AvgIpc) is 2.43. The molecule has 0 saturated heterocycles. The zero-order valence-electron chi connectivity index (χ0n) is 12.3. The van der Waals surface area contributed by atoms with Crippen LogP contribution in [0, 0.1) is 12.7 Å². The first-order valence-corrected chi connectivity index (χ1v) is 6.53. The maximum atomic E-state index is 13.4. The number of hydrogen-bond acceptors (Lipinski definition) is 3. The summed E-state index contributed by atoms with van der Waals surface area (Å²) in [5.74, 6) is -0.961. The van der Waals surface area contributed by atoms with E-state index in [0.717, 1.165) is 17.3 Å². The van der Waals surface area contributed by atoms with Crippen LogP contribution >= 0.6 is 0 Å². The summed E-state index contributed by atoms with van der Waals surface area (Å²) in [5, 5.41) is 2.77. The van der Waals surface area contributed by atoms with E-state index in [2.05, 4.69) is 5.32 Å². The molecule has 0 atom stereocenters. The summed E-state index contributed by atoms with van der Waals surface area (Å²) >= 11 is 0. The van der Waals surface area contributed by atoms with E-state index in [-0.39, 0.29) is 17.2 Å². The van der Waals surface area contributed by atoms with Crippen molar-refractivity contribution in [2.24, 2.45) is 0 Å². The molecular formula is C16H18FN3O. The SMILES string of the molecule is Cc1cc(N(C)C)ccc1NC(=O)c1ccc(N)c(F)c1. The molecule has 0 fully saturated rings. The number of carbonyl (C=O) groups is 1. The molecule has 0 radical (unpaired) electrons. The van der Waals surface area contributed by atoms with E-state index in [1.54, 1.807) is 0 Å². The molecule has 3 N–H and O–H groups in total. The zero-order chi connectivity index (χ0) is 15.6. The van der Waals surface area contributed by atoms with Gasteiger partial charge in [0.25, 0.3) is 5.91 Å². The molecule has 2 aromatic rings. The third-order valence-electron chi connectivity index (χ3n) is 3.24. The third kappa shape index (κ3) is 3.31. The van der Waals surface area contributed by atoms with Crippen LogP contribution in [0.15, 0.2) is 36.4 Å². The number of amides is 1. The number of nitrogens with zero attached hydrogens (tertiary/aromatic N) is 1. The first kappa shape index (κ1) is 14.8. The van der Waals surface area contributed by atoms with Crippen LogP contribution in [0.5, 0.6) is 0 Å². The Balaban J connectivity index is 2.21. The number of hydrogen-bond donors (Lipinski definition) is 2. The van der Waals surface area contributed by atoms with E-state index in [4.69, 9.17) is 5.73 Å². The van der Waals surface area contributed by atoms with E-state index in [1.165, 1.54) is 12.1 Å². The van der Waals surface area contributed by atoms with Gasteiger partial charge in [0, 0.05) is 31.0 Å². The standard InChI is InChI=1S/C16H18FN3O/c1-10-8-12(20(2)3)5-7-15(10)19-16(21)11-4-6-14(18)13(17)9-11/h4-9H,18H2,1-3H3,(H,19,21). The third-order valence-corrected chi connectivity index (χ3v) is 3.24. The fourth-order valence-corrected chi connectivity index (χ4v) is 1.93. The second-order valence-corrected chi connectivity index (χ2v) is 5.08. The number of halogens is 1. The highest BCUT2D eigenvalue weighted by Crippen LogP contribution is 2.22. The van der Waals surface area contributed by atoms with Crippen molar-refractivity contribution < 1.29 is 9.18 Å². The van der Waals surface area contributed by atoms with Crippen molar-refractivity contribution in [3.63, 3.8) is 0 Å². The van der Waals surface area contributed by atoms with Crippen LogP contribution in [0.3, 0.4) is 0 Å². The number of anilines is 3. The molecule has 110 valence electrons. The summed E-state index contributed by atoms with van der Waals surface area (Å²) in [5.41, 5.74) is 8.34. The highest BCUT2D eigenvalue weighted by atomic mass is 19.1. The smallest absolute Gasteiger partial charge is 0.255 e. The van der Waals surface area contributed by atoms with Gasteiger partial charge >= 0.3 is 0 Å². The summed E-state index contributed by atoms with van der Waals surface area (Å²) in [6, 6.07) is 9.72. The number of nitrogens with two attached hydrogens (primary N) is 1. The molecule has 2 rings (SSSR count). The van der Waals surface area contributed by atoms with Crippen molar-refractivity contribution >= 4 is 23.0 Å². The molecule has 0 aliphatic heterocycles. The van der Waals surface area contributed by atoms with Crippen LogP contribution in [-0.4, -0.2) is 20.0 Å². The summed E-state index contributed by atoms with van der Waals surface area (Å²) < 4.78 is 13.4. The molecule has 0 saturated carbocycles. The van der Waals surface area contributed by atoms with Crippen LogP contribution in [0.25, 0.3) is 0 Å². The Labute approximate surface area is 123 Å². The normalized spacial score (nSPS) is 10.3. The number of rotatable bonds is 3. The van der Waals surface area contributed by atoms with Gasteiger partial charge in [0.15, 0.2) is 0 Å². The topological polar surface area (TPSA) is 58.4 Å². The molecule has 21 heavy (non-hydrogen) atoms. The van der Waals surface area contributed by atoms with Crippen LogP contribution in [0.2, 0.25) is 0 Å². The quantitative estimate of drug-likeness (QED) is 0.853. The number of aryl methyl sites for hydroxylation is 1. The monoisotopic (exact) mass is 287 g/mol.